The maximum absolute atomic E-state index is 5.68. The molecule has 3 rings (SSSR count). The predicted octanol–water partition coefficient (Wildman–Crippen LogP) is 1.23. The zero-order chi connectivity index (χ0) is 20.2. The molecule has 1 saturated heterocycles. The number of nitrogens with zero attached hydrogens (tertiary/aromatic N) is 5. The minimum absolute atomic E-state index is 0.597. The van der Waals surface area contributed by atoms with E-state index in [0.717, 1.165) is 63.3 Å². The summed E-state index contributed by atoms with van der Waals surface area (Å²) in [6.07, 6.45) is 4.67. The Morgan fingerprint density at radius 1 is 1.00 bits per heavy atom. The van der Waals surface area contributed by atoms with Crippen LogP contribution in [0.3, 0.4) is 0 Å². The number of hydrogen-bond donors (Lipinski definition) is 2. The van der Waals surface area contributed by atoms with Crippen LogP contribution in [0.2, 0.25) is 0 Å². The Kier molecular flexibility index (Phi) is 8.53. The van der Waals surface area contributed by atoms with E-state index < -0.39 is 0 Å². The van der Waals surface area contributed by atoms with Crippen molar-refractivity contribution in [3.63, 3.8) is 0 Å². The number of anilines is 1. The number of nitrogens with one attached hydrogen (secondary N) is 2. The Balaban J connectivity index is 1.24. The number of aliphatic imine (C=N–C) groups is 1. The van der Waals surface area contributed by atoms with Gasteiger partial charge in [0.25, 0.3) is 0 Å². The summed E-state index contributed by atoms with van der Waals surface area (Å²) in [4.78, 5) is 17.7. The van der Waals surface area contributed by atoms with Crippen LogP contribution in [0.5, 0.6) is 5.75 Å². The molecular weight excluding hydrogens is 366 g/mol. The van der Waals surface area contributed by atoms with E-state index in [9.17, 15) is 0 Å². The third-order valence-corrected chi connectivity index (χ3v) is 4.78. The first-order valence-corrected chi connectivity index (χ1v) is 10.2. The van der Waals surface area contributed by atoms with Crippen LogP contribution >= 0.6 is 0 Å². The summed E-state index contributed by atoms with van der Waals surface area (Å²) < 4.78 is 5.68. The third-order valence-electron chi connectivity index (χ3n) is 4.78. The van der Waals surface area contributed by atoms with Crippen LogP contribution in [0.25, 0.3) is 0 Å². The first kappa shape index (κ1) is 20.9. The lowest BCUT2D eigenvalue weighted by Crippen LogP contribution is -2.47. The molecule has 1 aromatic carbocycles. The summed E-state index contributed by atoms with van der Waals surface area (Å²) in [7, 11) is 1.79. The molecule has 156 valence electrons. The quantitative estimate of drug-likeness (QED) is 0.374. The van der Waals surface area contributed by atoms with Crippen molar-refractivity contribution in [1.82, 2.24) is 25.5 Å². The zero-order valence-electron chi connectivity index (χ0n) is 17.1. The fourth-order valence-corrected chi connectivity index (χ4v) is 3.21. The van der Waals surface area contributed by atoms with Gasteiger partial charge in [0.2, 0.25) is 5.95 Å². The van der Waals surface area contributed by atoms with Crippen molar-refractivity contribution in [1.29, 1.82) is 0 Å². The van der Waals surface area contributed by atoms with Crippen molar-refractivity contribution >= 4 is 11.9 Å². The highest BCUT2D eigenvalue weighted by Gasteiger charge is 2.18. The molecule has 1 aliphatic heterocycles. The second-order valence-corrected chi connectivity index (χ2v) is 6.82. The summed E-state index contributed by atoms with van der Waals surface area (Å²) in [6.45, 7) is 7.30. The Morgan fingerprint density at radius 3 is 2.45 bits per heavy atom. The molecule has 2 heterocycles. The van der Waals surface area contributed by atoms with Crippen LogP contribution in [-0.4, -0.2) is 80.3 Å². The largest absolute Gasteiger partial charge is 0.492 e. The summed E-state index contributed by atoms with van der Waals surface area (Å²) in [5.74, 6) is 2.53. The smallest absolute Gasteiger partial charge is 0.225 e. The van der Waals surface area contributed by atoms with Crippen molar-refractivity contribution in [2.75, 3.05) is 64.4 Å². The number of ether oxygens (including phenoxy) is 1. The molecule has 8 nitrogen and oxygen atoms in total. The maximum Gasteiger partial charge on any atom is 0.225 e. The first-order chi connectivity index (χ1) is 14.3. The molecule has 2 aromatic rings. The fraction of sp³-hybridized carbons (Fsp3) is 0.476. The minimum Gasteiger partial charge on any atom is -0.492 e. The maximum atomic E-state index is 5.68. The van der Waals surface area contributed by atoms with E-state index in [1.807, 2.05) is 36.4 Å². The van der Waals surface area contributed by atoms with Gasteiger partial charge in [0.1, 0.15) is 12.4 Å². The van der Waals surface area contributed by atoms with Crippen LogP contribution in [0.4, 0.5) is 5.95 Å². The van der Waals surface area contributed by atoms with Gasteiger partial charge in [-0.3, -0.25) is 9.89 Å². The molecule has 0 saturated carbocycles. The van der Waals surface area contributed by atoms with E-state index in [-0.39, 0.29) is 0 Å². The van der Waals surface area contributed by atoms with Gasteiger partial charge in [0.15, 0.2) is 5.96 Å². The molecule has 0 radical (unpaired) electrons. The minimum atomic E-state index is 0.597. The Labute approximate surface area is 173 Å². The molecule has 0 aliphatic carbocycles. The number of para-hydroxylation sites is 1. The van der Waals surface area contributed by atoms with E-state index in [1.54, 1.807) is 19.4 Å². The van der Waals surface area contributed by atoms with Crippen molar-refractivity contribution in [3.05, 3.63) is 48.8 Å². The standard InChI is InChI=1S/C21H31N7O/c1-22-20(24-12-18-29-19-7-3-2-4-8-19)23-11-6-13-27-14-16-28(17-15-27)21-25-9-5-10-26-21/h2-5,7-10H,6,11-18H2,1H3,(H2,22,23,24). The highest BCUT2D eigenvalue weighted by molar-refractivity contribution is 5.79. The van der Waals surface area contributed by atoms with Crippen LogP contribution in [-0.2, 0) is 0 Å². The lowest BCUT2D eigenvalue weighted by Gasteiger charge is -2.34. The van der Waals surface area contributed by atoms with Gasteiger partial charge in [-0.05, 0) is 31.2 Å². The molecule has 0 atom stereocenters. The normalized spacial score (nSPS) is 15.2. The number of hydrogen-bond acceptors (Lipinski definition) is 6. The molecule has 2 N–H and O–H groups in total. The third kappa shape index (κ3) is 7.23. The number of guanidine groups is 1. The van der Waals surface area contributed by atoms with E-state index in [1.165, 1.54) is 0 Å². The van der Waals surface area contributed by atoms with Crippen molar-refractivity contribution < 1.29 is 4.74 Å². The summed E-state index contributed by atoms with van der Waals surface area (Å²) in [5.41, 5.74) is 0. The Morgan fingerprint density at radius 2 is 1.72 bits per heavy atom. The van der Waals surface area contributed by atoms with Crippen molar-refractivity contribution in [2.24, 2.45) is 4.99 Å². The molecule has 1 aliphatic rings. The molecule has 8 heteroatoms. The summed E-state index contributed by atoms with van der Waals surface area (Å²) in [5, 5.41) is 6.65. The highest BCUT2D eigenvalue weighted by atomic mass is 16.5. The van der Waals surface area contributed by atoms with Gasteiger partial charge < -0.3 is 20.3 Å². The van der Waals surface area contributed by atoms with Crippen molar-refractivity contribution in [2.45, 2.75) is 6.42 Å². The molecule has 0 bridgehead atoms. The lowest BCUT2D eigenvalue weighted by molar-refractivity contribution is 0.254. The molecule has 0 spiro atoms. The predicted molar refractivity (Wildman–Crippen MR) is 117 cm³/mol. The van der Waals surface area contributed by atoms with Crippen LogP contribution < -0.4 is 20.3 Å². The summed E-state index contributed by atoms with van der Waals surface area (Å²) in [6, 6.07) is 11.7. The average Bonchev–Trinajstić information content (AvgIpc) is 2.79. The SMILES string of the molecule is CN=C(NCCCN1CCN(c2ncccn2)CC1)NCCOc1ccccc1. The van der Waals surface area contributed by atoms with Crippen LogP contribution in [0, 0.1) is 0 Å². The second-order valence-electron chi connectivity index (χ2n) is 6.82. The van der Waals surface area contributed by atoms with E-state index in [2.05, 4.69) is 35.4 Å². The van der Waals surface area contributed by atoms with Crippen LogP contribution in [0.15, 0.2) is 53.8 Å². The van der Waals surface area contributed by atoms with Gasteiger partial charge in [-0.15, -0.1) is 0 Å². The van der Waals surface area contributed by atoms with E-state index in [0.29, 0.717) is 13.2 Å². The molecule has 0 unspecified atom stereocenters. The number of benzene rings is 1. The molecule has 1 aromatic heterocycles. The molecule has 0 amide bonds. The first-order valence-electron chi connectivity index (χ1n) is 10.2. The molecular formula is C21H31N7O. The fourth-order valence-electron chi connectivity index (χ4n) is 3.21. The van der Waals surface area contributed by atoms with Gasteiger partial charge in [-0.1, -0.05) is 18.2 Å². The Hall–Kier alpha value is -2.87. The molecule has 1 fully saturated rings. The number of aromatic nitrogens is 2. The van der Waals surface area contributed by atoms with Crippen LogP contribution in [0.1, 0.15) is 6.42 Å². The van der Waals surface area contributed by atoms with Gasteiger partial charge >= 0.3 is 0 Å². The van der Waals surface area contributed by atoms with Gasteiger partial charge in [0.05, 0.1) is 6.54 Å². The topological polar surface area (TPSA) is 77.9 Å². The van der Waals surface area contributed by atoms with E-state index in [4.69, 9.17) is 4.74 Å². The lowest BCUT2D eigenvalue weighted by atomic mass is 10.3. The van der Waals surface area contributed by atoms with Gasteiger partial charge in [-0.2, -0.15) is 0 Å². The van der Waals surface area contributed by atoms with Gasteiger partial charge in [-0.25, -0.2) is 9.97 Å². The number of rotatable bonds is 9. The molecule has 29 heavy (non-hydrogen) atoms. The summed E-state index contributed by atoms with van der Waals surface area (Å²) >= 11 is 0. The average molecular weight is 398 g/mol. The monoisotopic (exact) mass is 397 g/mol. The highest BCUT2D eigenvalue weighted by Crippen LogP contribution is 2.09. The second kappa shape index (κ2) is 11.9. The zero-order valence-corrected chi connectivity index (χ0v) is 17.1. The Bertz CT molecular complexity index is 718. The van der Waals surface area contributed by atoms with Gasteiger partial charge in [0, 0.05) is 52.2 Å². The number of piperazine rings is 1. The van der Waals surface area contributed by atoms with E-state index >= 15 is 0 Å². The van der Waals surface area contributed by atoms with Crippen molar-refractivity contribution in [3.8, 4) is 5.75 Å².